The first-order valence-corrected chi connectivity index (χ1v) is 4.40. The predicted molar refractivity (Wildman–Crippen MR) is 61.3 cm³/mol. The van der Waals surface area contributed by atoms with Gasteiger partial charge in [-0.15, -0.1) is 11.5 Å². The van der Waals surface area contributed by atoms with Gasteiger partial charge >= 0.3 is 0 Å². The lowest BCUT2D eigenvalue weighted by molar-refractivity contribution is 1.11. The Hall–Kier alpha value is -1.94. The van der Waals surface area contributed by atoms with Gasteiger partial charge in [-0.25, -0.2) is 0 Å². The molecular formula is C13H13N. The molecule has 0 aliphatic carbocycles. The summed E-state index contributed by atoms with van der Waals surface area (Å²) in [7, 11) is 0. The minimum Gasteiger partial charge on any atom is -0.374 e. The van der Waals surface area contributed by atoms with Crippen LogP contribution in [0, 0.1) is 0 Å². The molecule has 70 valence electrons. The van der Waals surface area contributed by atoms with E-state index >= 15 is 0 Å². The van der Waals surface area contributed by atoms with Gasteiger partial charge in [-0.05, 0) is 24.3 Å². The third-order valence-electron chi connectivity index (χ3n) is 1.70. The van der Waals surface area contributed by atoms with Crippen LogP contribution < -0.4 is 5.32 Å². The first-order chi connectivity index (χ1) is 6.86. The maximum atomic E-state index is 3.54. The van der Waals surface area contributed by atoms with Crippen LogP contribution in [-0.2, 0) is 0 Å². The third kappa shape index (κ3) is 3.20. The van der Waals surface area contributed by atoms with Crippen molar-refractivity contribution in [2.24, 2.45) is 0 Å². The maximum absolute atomic E-state index is 3.54. The molecule has 0 aliphatic rings. The Morgan fingerprint density at radius 3 is 2.14 bits per heavy atom. The number of para-hydroxylation sites is 1. The van der Waals surface area contributed by atoms with Gasteiger partial charge in [-0.3, -0.25) is 0 Å². The number of nitrogens with one attached hydrogen (secondary N) is 1. The van der Waals surface area contributed by atoms with Crippen LogP contribution in [0.4, 0.5) is 5.69 Å². The quantitative estimate of drug-likeness (QED) is 0.707. The zero-order valence-corrected chi connectivity index (χ0v) is 8.03. The highest BCUT2D eigenvalue weighted by molar-refractivity contribution is 5.45. The van der Waals surface area contributed by atoms with Gasteiger partial charge in [0.1, 0.15) is 0 Å². The maximum Gasteiger partial charge on any atom is 0.0775 e. The fourth-order valence-electron chi connectivity index (χ4n) is 1.11. The topological polar surface area (TPSA) is 12.0 Å². The van der Waals surface area contributed by atoms with Gasteiger partial charge in [0, 0.05) is 5.69 Å². The van der Waals surface area contributed by atoms with Crippen molar-refractivity contribution in [1.29, 1.82) is 0 Å². The zero-order chi connectivity index (χ0) is 10.2. The molecule has 0 bridgehead atoms. The highest BCUT2D eigenvalue weighted by Crippen LogP contribution is 2.07. The summed E-state index contributed by atoms with van der Waals surface area (Å²) in [6.07, 6.45) is 3.65. The molecule has 1 rings (SSSR count). The minimum absolute atomic E-state index is 0.0485. The summed E-state index contributed by atoms with van der Waals surface area (Å²) in [5.74, 6) is 0. The largest absolute Gasteiger partial charge is 0.374 e. The van der Waals surface area contributed by atoms with Crippen molar-refractivity contribution < 1.29 is 0 Å². The van der Waals surface area contributed by atoms with E-state index in [2.05, 4.69) is 29.9 Å². The van der Waals surface area contributed by atoms with E-state index in [4.69, 9.17) is 0 Å². The molecule has 0 saturated carbocycles. The van der Waals surface area contributed by atoms with Gasteiger partial charge in [0.05, 0.1) is 6.04 Å². The number of hydrogen-bond donors (Lipinski definition) is 1. The molecule has 0 aliphatic heterocycles. The second-order valence-electron chi connectivity index (χ2n) is 2.78. The zero-order valence-electron chi connectivity index (χ0n) is 8.03. The minimum atomic E-state index is 0.0485. The van der Waals surface area contributed by atoms with Crippen LogP contribution in [0.2, 0.25) is 0 Å². The smallest absolute Gasteiger partial charge is 0.0775 e. The number of hydrogen-bond acceptors (Lipinski definition) is 1. The standard InChI is InChI=1S/C13H13N/c1-3-8-12(9-4-2)14-13-10-6-5-7-11-13/h5-12,14H,1-2H2. The molecule has 1 nitrogen and oxygen atoms in total. The summed E-state index contributed by atoms with van der Waals surface area (Å²) in [6.45, 7) is 7.07. The summed E-state index contributed by atoms with van der Waals surface area (Å²) in [5.41, 5.74) is 6.52. The normalized spacial score (nSPS) is 10.6. The summed E-state index contributed by atoms with van der Waals surface area (Å²) >= 11 is 0. The van der Waals surface area contributed by atoms with E-state index in [0.29, 0.717) is 0 Å². The summed E-state index contributed by atoms with van der Waals surface area (Å²) in [5, 5.41) is 3.26. The van der Waals surface area contributed by atoms with E-state index in [0.717, 1.165) is 5.69 Å². The fraction of sp³-hybridized carbons (Fsp3) is 0.0769. The van der Waals surface area contributed by atoms with Crippen LogP contribution in [0.5, 0.6) is 0 Å². The van der Waals surface area contributed by atoms with Crippen molar-refractivity contribution >= 4 is 5.69 Å². The molecule has 0 spiro atoms. The average molecular weight is 183 g/mol. The lowest BCUT2D eigenvalue weighted by Crippen LogP contribution is -2.12. The molecule has 0 amide bonds. The van der Waals surface area contributed by atoms with Gasteiger partial charge in [0.2, 0.25) is 0 Å². The first-order valence-electron chi connectivity index (χ1n) is 4.40. The summed E-state index contributed by atoms with van der Waals surface area (Å²) in [4.78, 5) is 0. The Labute approximate surface area is 84.8 Å². The molecule has 0 fully saturated rings. The van der Waals surface area contributed by atoms with E-state index in [1.165, 1.54) is 0 Å². The highest BCUT2D eigenvalue weighted by atomic mass is 14.9. The van der Waals surface area contributed by atoms with Gasteiger partial charge in [0.15, 0.2) is 0 Å². The molecule has 1 N–H and O–H groups in total. The molecule has 1 aromatic carbocycles. The van der Waals surface area contributed by atoms with Gasteiger partial charge < -0.3 is 5.32 Å². The van der Waals surface area contributed by atoms with Crippen LogP contribution in [0.15, 0.2) is 67.1 Å². The molecule has 0 radical (unpaired) electrons. The van der Waals surface area contributed by atoms with Gasteiger partial charge in [-0.2, -0.15) is 0 Å². The SMILES string of the molecule is C=C=CC(C=C=C)Nc1ccccc1. The van der Waals surface area contributed by atoms with Crippen LogP contribution >= 0.6 is 0 Å². The van der Waals surface area contributed by atoms with Crippen LogP contribution in [0.1, 0.15) is 0 Å². The molecule has 1 heteroatoms. The van der Waals surface area contributed by atoms with Crippen molar-refractivity contribution in [3.05, 3.63) is 67.1 Å². The van der Waals surface area contributed by atoms with Gasteiger partial charge in [0.25, 0.3) is 0 Å². The molecule has 14 heavy (non-hydrogen) atoms. The third-order valence-corrected chi connectivity index (χ3v) is 1.70. The lowest BCUT2D eigenvalue weighted by atomic mass is 10.2. The Balaban J connectivity index is 2.74. The molecular weight excluding hydrogens is 170 g/mol. The van der Waals surface area contributed by atoms with E-state index < -0.39 is 0 Å². The van der Waals surface area contributed by atoms with Crippen LogP contribution in [0.25, 0.3) is 0 Å². The predicted octanol–water partition coefficient (Wildman–Crippen LogP) is 3.15. The van der Waals surface area contributed by atoms with Crippen molar-refractivity contribution in [3.8, 4) is 0 Å². The van der Waals surface area contributed by atoms with Gasteiger partial charge in [-0.1, -0.05) is 31.4 Å². The van der Waals surface area contributed by atoms with Crippen molar-refractivity contribution in [2.75, 3.05) is 5.32 Å². The molecule has 0 aromatic heterocycles. The number of rotatable bonds is 4. The van der Waals surface area contributed by atoms with Crippen molar-refractivity contribution in [2.45, 2.75) is 6.04 Å². The Morgan fingerprint density at radius 1 is 1.07 bits per heavy atom. The monoisotopic (exact) mass is 183 g/mol. The first kappa shape index (κ1) is 10.1. The second-order valence-corrected chi connectivity index (χ2v) is 2.78. The molecule has 0 heterocycles. The van der Waals surface area contributed by atoms with E-state index in [9.17, 15) is 0 Å². The molecule has 0 atom stereocenters. The fourth-order valence-corrected chi connectivity index (χ4v) is 1.11. The average Bonchev–Trinajstić information content (AvgIpc) is 2.20. The van der Waals surface area contributed by atoms with E-state index in [-0.39, 0.29) is 6.04 Å². The Kier molecular flexibility index (Phi) is 4.10. The molecule has 1 aromatic rings. The summed E-state index contributed by atoms with van der Waals surface area (Å²) in [6, 6.07) is 9.99. The molecule has 0 unspecified atom stereocenters. The van der Waals surface area contributed by atoms with Crippen LogP contribution in [-0.4, -0.2) is 6.04 Å². The number of benzene rings is 1. The number of anilines is 1. The highest BCUT2D eigenvalue weighted by Gasteiger charge is 1.97. The Bertz CT molecular complexity index is 347. The van der Waals surface area contributed by atoms with Crippen molar-refractivity contribution in [1.82, 2.24) is 0 Å². The summed E-state index contributed by atoms with van der Waals surface area (Å²) < 4.78 is 0. The van der Waals surface area contributed by atoms with Crippen molar-refractivity contribution in [3.63, 3.8) is 0 Å². The second kappa shape index (κ2) is 5.66. The van der Waals surface area contributed by atoms with Crippen LogP contribution in [0.3, 0.4) is 0 Å². The molecule has 0 saturated heterocycles. The Morgan fingerprint density at radius 2 is 1.64 bits per heavy atom. The van der Waals surface area contributed by atoms with E-state index in [1.807, 2.05) is 42.5 Å². The lowest BCUT2D eigenvalue weighted by Gasteiger charge is -2.10. The van der Waals surface area contributed by atoms with E-state index in [1.54, 1.807) is 0 Å².